The number of carbonyl (C=O) groups excluding carboxylic acids is 2. The van der Waals surface area contributed by atoms with E-state index in [1.54, 1.807) is 11.8 Å². The summed E-state index contributed by atoms with van der Waals surface area (Å²) >= 11 is 3.52. The lowest BCUT2D eigenvalue weighted by molar-refractivity contribution is -0.313. The molecule has 0 aromatic heterocycles. The van der Waals surface area contributed by atoms with Crippen molar-refractivity contribution in [2.24, 2.45) is 5.92 Å². The number of benzene rings is 2. The van der Waals surface area contributed by atoms with Gasteiger partial charge in [0, 0.05) is 34.6 Å². The summed E-state index contributed by atoms with van der Waals surface area (Å²) in [6, 6.07) is 17.7. The lowest BCUT2D eigenvalue weighted by Crippen LogP contribution is -2.63. The molecule has 0 spiro atoms. The van der Waals surface area contributed by atoms with E-state index in [0.29, 0.717) is 13.1 Å². The van der Waals surface area contributed by atoms with Crippen molar-refractivity contribution in [1.82, 2.24) is 9.96 Å². The molecular weight excluding hydrogens is 532 g/mol. The number of hydrogen-bond donors (Lipinski definition) is 0. The molecule has 4 rings (SSSR count). The molecule has 2 aliphatic heterocycles. The quantitative estimate of drug-likeness (QED) is 0.297. The Morgan fingerprint density at radius 1 is 1.00 bits per heavy atom. The Morgan fingerprint density at radius 3 is 2.22 bits per heavy atom. The molecule has 3 atom stereocenters. The molecule has 1 amide bonds. The van der Waals surface area contributed by atoms with Crippen LogP contribution in [0.1, 0.15) is 70.9 Å². The van der Waals surface area contributed by atoms with Crippen LogP contribution in [0.4, 0.5) is 0 Å². The molecule has 0 bridgehead atoms. The van der Waals surface area contributed by atoms with Crippen LogP contribution in [-0.4, -0.2) is 52.2 Å². The van der Waals surface area contributed by atoms with E-state index >= 15 is 0 Å². The molecule has 200 valence electrons. The SMILES string of the molecule is CCOC(=O)[C@@H]1C(=O)N(Cc2ccccc2)C[C@@H](ON2C(C)(C)CCCC2(C)C)[C@H]1c1ccc(Br)cc1. The maximum absolute atomic E-state index is 13.9. The van der Waals surface area contributed by atoms with Crippen LogP contribution in [-0.2, 0) is 25.7 Å². The summed E-state index contributed by atoms with van der Waals surface area (Å²) in [5, 5.41) is 2.14. The van der Waals surface area contributed by atoms with Crippen LogP contribution in [0.2, 0.25) is 0 Å². The van der Waals surface area contributed by atoms with E-state index < -0.39 is 23.9 Å². The predicted molar refractivity (Wildman–Crippen MR) is 148 cm³/mol. The number of carbonyl (C=O) groups is 2. The fourth-order valence-corrected chi connectivity index (χ4v) is 6.26. The van der Waals surface area contributed by atoms with E-state index in [1.807, 2.05) is 54.6 Å². The van der Waals surface area contributed by atoms with Crippen LogP contribution >= 0.6 is 15.9 Å². The zero-order valence-electron chi connectivity index (χ0n) is 22.6. The average Bonchev–Trinajstić information content (AvgIpc) is 2.84. The Morgan fingerprint density at radius 2 is 1.62 bits per heavy atom. The van der Waals surface area contributed by atoms with E-state index in [2.05, 4.69) is 48.7 Å². The maximum atomic E-state index is 13.9. The minimum atomic E-state index is -0.986. The van der Waals surface area contributed by atoms with E-state index in [1.165, 1.54) is 0 Å². The molecule has 0 radical (unpaired) electrons. The van der Waals surface area contributed by atoms with Gasteiger partial charge in [-0.1, -0.05) is 58.4 Å². The van der Waals surface area contributed by atoms with Crippen LogP contribution in [0, 0.1) is 5.92 Å². The molecule has 2 aromatic carbocycles. The zero-order valence-corrected chi connectivity index (χ0v) is 24.2. The number of halogens is 1. The molecule has 2 aromatic rings. The van der Waals surface area contributed by atoms with Crippen molar-refractivity contribution >= 4 is 27.8 Å². The number of nitrogens with zero attached hydrogens (tertiary/aromatic N) is 2. The van der Waals surface area contributed by atoms with Gasteiger partial charge in [0.25, 0.3) is 0 Å². The van der Waals surface area contributed by atoms with Gasteiger partial charge in [0.05, 0.1) is 6.61 Å². The average molecular weight is 572 g/mol. The first-order valence-electron chi connectivity index (χ1n) is 13.3. The summed E-state index contributed by atoms with van der Waals surface area (Å²) < 4.78 is 6.42. The molecule has 0 aliphatic carbocycles. The second kappa shape index (κ2) is 11.3. The zero-order chi connectivity index (χ0) is 26.8. The standard InChI is InChI=1S/C30H39BrN2O4/c1-6-36-28(35)26-25(22-13-15-23(31)16-14-22)24(37-33-29(2,3)17-10-18-30(33,4)5)20-32(27(26)34)19-21-11-8-7-9-12-21/h7-9,11-16,24-26H,6,10,17-20H2,1-5H3/t24-,25-,26+/m1/s1. The van der Waals surface area contributed by atoms with Crippen molar-refractivity contribution in [3.8, 4) is 0 Å². The molecule has 7 heteroatoms. The fraction of sp³-hybridized carbons (Fsp3) is 0.533. The second-order valence-corrected chi connectivity index (χ2v) is 12.3. The highest BCUT2D eigenvalue weighted by Gasteiger charge is 2.52. The van der Waals surface area contributed by atoms with Gasteiger partial charge in [-0.25, -0.2) is 0 Å². The molecular formula is C30H39BrN2O4. The number of likely N-dealkylation sites (tertiary alicyclic amines) is 1. The van der Waals surface area contributed by atoms with Crippen molar-refractivity contribution in [3.05, 3.63) is 70.2 Å². The summed E-state index contributed by atoms with van der Waals surface area (Å²) in [7, 11) is 0. The Bertz CT molecular complexity index is 1070. The van der Waals surface area contributed by atoms with Crippen molar-refractivity contribution in [3.63, 3.8) is 0 Å². The topological polar surface area (TPSA) is 59.1 Å². The van der Waals surface area contributed by atoms with Gasteiger partial charge in [-0.3, -0.25) is 14.4 Å². The van der Waals surface area contributed by atoms with Crippen molar-refractivity contribution < 1.29 is 19.2 Å². The van der Waals surface area contributed by atoms with Gasteiger partial charge in [-0.2, -0.15) is 5.06 Å². The highest BCUT2D eigenvalue weighted by molar-refractivity contribution is 9.10. The first-order chi connectivity index (χ1) is 17.5. The van der Waals surface area contributed by atoms with E-state index in [-0.39, 0.29) is 23.6 Å². The van der Waals surface area contributed by atoms with Gasteiger partial charge in [0.15, 0.2) is 0 Å². The molecule has 6 nitrogen and oxygen atoms in total. The van der Waals surface area contributed by atoms with Crippen molar-refractivity contribution in [2.45, 2.75) is 83.5 Å². The van der Waals surface area contributed by atoms with Crippen LogP contribution < -0.4 is 0 Å². The van der Waals surface area contributed by atoms with Gasteiger partial charge in [-0.05, 0) is 77.1 Å². The van der Waals surface area contributed by atoms with Crippen LogP contribution in [0.25, 0.3) is 0 Å². The Balaban J connectivity index is 1.77. The highest BCUT2D eigenvalue weighted by Crippen LogP contribution is 2.43. The Kier molecular flexibility index (Phi) is 8.46. The normalized spacial score (nSPS) is 25.6. The molecule has 37 heavy (non-hydrogen) atoms. The minimum Gasteiger partial charge on any atom is -0.465 e. The molecule has 2 aliphatic rings. The lowest BCUT2D eigenvalue weighted by atomic mass is 9.77. The van der Waals surface area contributed by atoms with Crippen LogP contribution in [0.15, 0.2) is 59.1 Å². The third-order valence-corrected chi connectivity index (χ3v) is 8.20. The lowest BCUT2D eigenvalue weighted by Gasteiger charge is -2.54. The van der Waals surface area contributed by atoms with Gasteiger partial charge in [-0.15, -0.1) is 0 Å². The maximum Gasteiger partial charge on any atom is 0.319 e. The van der Waals surface area contributed by atoms with Crippen molar-refractivity contribution in [2.75, 3.05) is 13.2 Å². The predicted octanol–water partition coefficient (Wildman–Crippen LogP) is 6.10. The monoisotopic (exact) mass is 570 g/mol. The largest absolute Gasteiger partial charge is 0.465 e. The number of esters is 1. The first-order valence-corrected chi connectivity index (χ1v) is 14.0. The number of rotatable bonds is 7. The third kappa shape index (κ3) is 6.10. The van der Waals surface area contributed by atoms with Crippen molar-refractivity contribution in [1.29, 1.82) is 0 Å². The molecule has 0 unspecified atom stereocenters. The van der Waals surface area contributed by atoms with E-state index in [0.717, 1.165) is 34.9 Å². The summed E-state index contributed by atoms with van der Waals surface area (Å²) in [6.45, 7) is 11.6. The smallest absolute Gasteiger partial charge is 0.319 e. The number of hydroxylamine groups is 2. The molecule has 2 saturated heterocycles. The molecule has 2 heterocycles. The van der Waals surface area contributed by atoms with E-state index in [9.17, 15) is 9.59 Å². The summed E-state index contributed by atoms with van der Waals surface area (Å²) in [5.41, 5.74) is 1.54. The number of hydrogen-bond acceptors (Lipinski definition) is 5. The van der Waals surface area contributed by atoms with Gasteiger partial charge >= 0.3 is 5.97 Å². The Labute approximate surface area is 229 Å². The first kappa shape index (κ1) is 27.8. The summed E-state index contributed by atoms with van der Waals surface area (Å²) in [4.78, 5) is 36.1. The van der Waals surface area contributed by atoms with Gasteiger partial charge in [0.2, 0.25) is 5.91 Å². The third-order valence-electron chi connectivity index (χ3n) is 7.67. The fourth-order valence-electron chi connectivity index (χ4n) is 6.00. The number of amides is 1. The Hall–Kier alpha value is -2.22. The molecule has 2 fully saturated rings. The van der Waals surface area contributed by atoms with E-state index in [4.69, 9.17) is 9.57 Å². The summed E-state index contributed by atoms with van der Waals surface area (Å²) in [5.74, 6) is -2.17. The molecule has 0 saturated carbocycles. The minimum absolute atomic E-state index is 0.183. The summed E-state index contributed by atoms with van der Waals surface area (Å²) in [6.07, 6.45) is 2.74. The van der Waals surface area contributed by atoms with Gasteiger partial charge < -0.3 is 9.64 Å². The number of ether oxygens (including phenoxy) is 1. The molecule has 0 N–H and O–H groups in total. The van der Waals surface area contributed by atoms with Crippen LogP contribution in [0.3, 0.4) is 0 Å². The van der Waals surface area contributed by atoms with Crippen LogP contribution in [0.5, 0.6) is 0 Å². The second-order valence-electron chi connectivity index (χ2n) is 11.4. The van der Waals surface area contributed by atoms with Gasteiger partial charge in [0.1, 0.15) is 12.0 Å². The number of piperidine rings is 2. The highest BCUT2D eigenvalue weighted by atomic mass is 79.9.